The summed E-state index contributed by atoms with van der Waals surface area (Å²) in [5.41, 5.74) is 1.66. The average Bonchev–Trinajstić information content (AvgIpc) is 3.25. The van der Waals surface area contributed by atoms with Crippen LogP contribution in [0.25, 0.3) is 0 Å². The molecule has 0 aliphatic carbocycles. The molecule has 2 amide bonds. The Labute approximate surface area is 180 Å². The highest BCUT2D eigenvalue weighted by atomic mass is 35.5. The zero-order valence-electron chi connectivity index (χ0n) is 16.7. The van der Waals surface area contributed by atoms with Gasteiger partial charge < -0.3 is 20.0 Å². The summed E-state index contributed by atoms with van der Waals surface area (Å²) in [5, 5.41) is 6.65. The molecule has 7 heteroatoms. The predicted molar refractivity (Wildman–Crippen MR) is 117 cm³/mol. The Bertz CT molecular complexity index is 961. The molecule has 3 aromatic rings. The third-order valence-corrected chi connectivity index (χ3v) is 4.81. The summed E-state index contributed by atoms with van der Waals surface area (Å²) in [4.78, 5) is 26.8. The fraction of sp³-hybridized carbons (Fsp3) is 0.217. The Morgan fingerprint density at radius 1 is 1.07 bits per heavy atom. The number of carbonyl (C=O) groups excluding carboxylic acids is 2. The van der Waals surface area contributed by atoms with Crippen molar-refractivity contribution in [2.75, 3.05) is 18.4 Å². The highest BCUT2D eigenvalue weighted by Crippen LogP contribution is 2.17. The van der Waals surface area contributed by atoms with E-state index < -0.39 is 0 Å². The van der Waals surface area contributed by atoms with Crippen molar-refractivity contribution in [2.24, 2.45) is 0 Å². The maximum atomic E-state index is 12.9. The Hall–Kier alpha value is -3.09. The van der Waals surface area contributed by atoms with E-state index in [4.69, 9.17) is 16.0 Å². The van der Waals surface area contributed by atoms with Gasteiger partial charge in [0.25, 0.3) is 0 Å². The maximum absolute atomic E-state index is 12.9. The predicted octanol–water partition coefficient (Wildman–Crippen LogP) is 4.25. The van der Waals surface area contributed by atoms with Crippen molar-refractivity contribution in [3.05, 3.63) is 89.3 Å². The summed E-state index contributed by atoms with van der Waals surface area (Å²) >= 11 is 6.05. The number of amides is 2. The SMILES string of the molecule is CC(NCC(=O)N(CC(=O)Nc1ccccc1)Cc1ccco1)c1cccc(Cl)c1. The molecule has 0 fully saturated rings. The monoisotopic (exact) mass is 425 g/mol. The van der Waals surface area contributed by atoms with Crippen LogP contribution in [0.4, 0.5) is 5.69 Å². The zero-order chi connectivity index (χ0) is 21.3. The van der Waals surface area contributed by atoms with E-state index in [1.807, 2.05) is 43.3 Å². The molecular weight excluding hydrogens is 402 g/mol. The van der Waals surface area contributed by atoms with Crippen molar-refractivity contribution in [1.82, 2.24) is 10.2 Å². The lowest BCUT2D eigenvalue weighted by Gasteiger charge is -2.23. The van der Waals surface area contributed by atoms with Crippen LogP contribution in [-0.2, 0) is 16.1 Å². The second-order valence-corrected chi connectivity index (χ2v) is 7.34. The minimum absolute atomic E-state index is 0.0729. The van der Waals surface area contributed by atoms with Crippen LogP contribution in [0.15, 0.2) is 77.4 Å². The molecule has 1 aromatic heterocycles. The number of halogens is 1. The van der Waals surface area contributed by atoms with Gasteiger partial charge in [0, 0.05) is 16.8 Å². The molecule has 2 aromatic carbocycles. The number of nitrogens with zero attached hydrogens (tertiary/aromatic N) is 1. The molecule has 0 aliphatic heterocycles. The van der Waals surface area contributed by atoms with Crippen molar-refractivity contribution in [3.8, 4) is 0 Å². The fourth-order valence-electron chi connectivity index (χ4n) is 2.96. The van der Waals surface area contributed by atoms with E-state index in [0.29, 0.717) is 16.5 Å². The Morgan fingerprint density at radius 3 is 2.57 bits per heavy atom. The first kappa shape index (κ1) is 21.6. The van der Waals surface area contributed by atoms with E-state index in [9.17, 15) is 9.59 Å². The van der Waals surface area contributed by atoms with Gasteiger partial charge in [-0.2, -0.15) is 0 Å². The first-order chi connectivity index (χ1) is 14.5. The molecule has 0 aliphatic rings. The zero-order valence-corrected chi connectivity index (χ0v) is 17.4. The quantitative estimate of drug-likeness (QED) is 0.537. The standard InChI is InChI=1S/C23H24ClN3O3/c1-17(18-7-5-8-19(24)13-18)25-14-23(29)27(15-21-11-6-12-30-21)16-22(28)26-20-9-3-2-4-10-20/h2-13,17,25H,14-16H2,1H3,(H,26,28). The van der Waals surface area contributed by atoms with E-state index in [2.05, 4.69) is 10.6 Å². The van der Waals surface area contributed by atoms with Gasteiger partial charge in [-0.15, -0.1) is 0 Å². The van der Waals surface area contributed by atoms with Crippen LogP contribution in [0.1, 0.15) is 24.3 Å². The number of para-hydroxylation sites is 1. The van der Waals surface area contributed by atoms with Gasteiger partial charge in [-0.05, 0) is 48.9 Å². The van der Waals surface area contributed by atoms with Crippen LogP contribution in [0, 0.1) is 0 Å². The van der Waals surface area contributed by atoms with Gasteiger partial charge in [0.05, 0.1) is 19.4 Å². The summed E-state index contributed by atoms with van der Waals surface area (Å²) in [6, 6.07) is 20.1. The number of hydrogen-bond donors (Lipinski definition) is 2. The van der Waals surface area contributed by atoms with Gasteiger partial charge in [0.15, 0.2) is 0 Å². The smallest absolute Gasteiger partial charge is 0.244 e. The Kier molecular flexibility index (Phi) is 7.65. The molecule has 0 spiro atoms. The second kappa shape index (κ2) is 10.6. The molecule has 2 N–H and O–H groups in total. The van der Waals surface area contributed by atoms with E-state index in [1.165, 1.54) is 4.90 Å². The average molecular weight is 426 g/mol. The van der Waals surface area contributed by atoms with Gasteiger partial charge in [0.1, 0.15) is 12.3 Å². The van der Waals surface area contributed by atoms with Crippen LogP contribution in [0.5, 0.6) is 0 Å². The highest BCUT2D eigenvalue weighted by molar-refractivity contribution is 6.30. The number of rotatable bonds is 9. The first-order valence-corrected chi connectivity index (χ1v) is 10.0. The van der Waals surface area contributed by atoms with E-state index in [-0.39, 0.29) is 37.5 Å². The van der Waals surface area contributed by atoms with Crippen molar-refractivity contribution in [2.45, 2.75) is 19.5 Å². The third kappa shape index (κ3) is 6.47. The number of hydrogen-bond acceptors (Lipinski definition) is 4. The lowest BCUT2D eigenvalue weighted by atomic mass is 10.1. The molecular formula is C23H24ClN3O3. The highest BCUT2D eigenvalue weighted by Gasteiger charge is 2.20. The van der Waals surface area contributed by atoms with Crippen LogP contribution < -0.4 is 10.6 Å². The molecule has 1 atom stereocenters. The molecule has 0 saturated heterocycles. The molecule has 0 radical (unpaired) electrons. The molecule has 156 valence electrons. The number of nitrogens with one attached hydrogen (secondary N) is 2. The lowest BCUT2D eigenvalue weighted by Crippen LogP contribution is -2.42. The van der Waals surface area contributed by atoms with Crippen molar-refractivity contribution >= 4 is 29.1 Å². The number of carbonyl (C=O) groups is 2. The van der Waals surface area contributed by atoms with Crippen LogP contribution >= 0.6 is 11.6 Å². The van der Waals surface area contributed by atoms with Gasteiger partial charge in [-0.1, -0.05) is 41.9 Å². The molecule has 6 nitrogen and oxygen atoms in total. The van der Waals surface area contributed by atoms with Crippen LogP contribution in [0.3, 0.4) is 0 Å². The van der Waals surface area contributed by atoms with Crippen molar-refractivity contribution in [1.29, 1.82) is 0 Å². The van der Waals surface area contributed by atoms with Crippen LogP contribution in [-0.4, -0.2) is 29.8 Å². The van der Waals surface area contributed by atoms with Crippen molar-refractivity contribution < 1.29 is 14.0 Å². The minimum Gasteiger partial charge on any atom is -0.467 e. The molecule has 1 heterocycles. The Morgan fingerprint density at radius 2 is 1.87 bits per heavy atom. The fourth-order valence-corrected chi connectivity index (χ4v) is 3.16. The largest absolute Gasteiger partial charge is 0.467 e. The molecule has 0 saturated carbocycles. The third-order valence-electron chi connectivity index (χ3n) is 4.58. The van der Waals surface area contributed by atoms with Gasteiger partial charge in [0.2, 0.25) is 11.8 Å². The number of furan rings is 1. The van der Waals surface area contributed by atoms with E-state index >= 15 is 0 Å². The summed E-state index contributed by atoms with van der Waals surface area (Å²) in [5.74, 6) is 0.131. The first-order valence-electron chi connectivity index (χ1n) is 9.65. The lowest BCUT2D eigenvalue weighted by molar-refractivity contribution is -0.134. The summed E-state index contributed by atoms with van der Waals surface area (Å²) < 4.78 is 5.36. The minimum atomic E-state index is -0.274. The van der Waals surface area contributed by atoms with E-state index in [1.54, 1.807) is 36.6 Å². The normalized spacial score (nSPS) is 11.7. The topological polar surface area (TPSA) is 74.6 Å². The maximum Gasteiger partial charge on any atom is 0.244 e. The molecule has 30 heavy (non-hydrogen) atoms. The summed E-state index contributed by atoms with van der Waals surface area (Å²) in [7, 11) is 0. The molecule has 1 unspecified atom stereocenters. The Balaban J connectivity index is 1.62. The summed E-state index contributed by atoms with van der Waals surface area (Å²) in [6.07, 6.45) is 1.54. The van der Waals surface area contributed by atoms with Crippen molar-refractivity contribution in [3.63, 3.8) is 0 Å². The number of benzene rings is 2. The van der Waals surface area contributed by atoms with Crippen LogP contribution in [0.2, 0.25) is 5.02 Å². The molecule has 0 bridgehead atoms. The van der Waals surface area contributed by atoms with Gasteiger partial charge in [-0.25, -0.2) is 0 Å². The summed E-state index contributed by atoms with van der Waals surface area (Å²) in [6.45, 7) is 2.16. The second-order valence-electron chi connectivity index (χ2n) is 6.90. The van der Waals surface area contributed by atoms with Gasteiger partial charge >= 0.3 is 0 Å². The number of anilines is 1. The van der Waals surface area contributed by atoms with E-state index in [0.717, 1.165) is 5.56 Å². The van der Waals surface area contributed by atoms with Gasteiger partial charge in [-0.3, -0.25) is 9.59 Å². The molecule has 3 rings (SSSR count).